The molecule has 2 aromatic heterocycles. The Hall–Kier alpha value is -3.49. The summed E-state index contributed by atoms with van der Waals surface area (Å²) in [6.45, 7) is 4.81. The van der Waals surface area contributed by atoms with Crippen LogP contribution in [0.2, 0.25) is 0 Å². The number of aryl methyl sites for hydroxylation is 2. The van der Waals surface area contributed by atoms with Gasteiger partial charge in [-0.25, -0.2) is 4.79 Å². The van der Waals surface area contributed by atoms with Gasteiger partial charge in [-0.05, 0) is 32.9 Å². The van der Waals surface area contributed by atoms with Crippen LogP contribution in [0, 0.1) is 13.8 Å². The van der Waals surface area contributed by atoms with E-state index >= 15 is 0 Å². The number of hydrogen-bond acceptors (Lipinski definition) is 6. The van der Waals surface area contributed by atoms with Crippen molar-refractivity contribution in [3.05, 3.63) is 58.7 Å². The number of nitrogens with zero attached hydrogens (tertiary/aromatic N) is 4. The van der Waals surface area contributed by atoms with E-state index in [-0.39, 0.29) is 22.7 Å². The molecule has 1 aromatic carbocycles. The Labute approximate surface area is 148 Å². The number of hydrogen-bond donors (Lipinski definition) is 2. The summed E-state index contributed by atoms with van der Waals surface area (Å²) in [5.74, 6) is -1.56. The van der Waals surface area contributed by atoms with Crippen LogP contribution in [-0.2, 0) is 0 Å². The van der Waals surface area contributed by atoms with Crippen molar-refractivity contribution in [2.24, 2.45) is 0 Å². The Morgan fingerprint density at radius 1 is 1.15 bits per heavy atom. The average molecular weight is 355 g/mol. The van der Waals surface area contributed by atoms with Gasteiger partial charge in [-0.1, -0.05) is 23.4 Å². The summed E-state index contributed by atoms with van der Waals surface area (Å²) in [4.78, 5) is 25.3. The normalized spacial score (nSPS) is 12.0. The first kappa shape index (κ1) is 17.3. The van der Waals surface area contributed by atoms with Gasteiger partial charge in [0, 0.05) is 0 Å². The standard InChI is InChI=1S/C17H17N5O4/c1-9-13(17(24)25)15(26-21-9)11(3)18-16(23)14-10(2)19-22(20-14)12-7-5-4-6-8-12/h4-8,11H,1-3H3,(H,18,23)(H,24,25). The Morgan fingerprint density at radius 3 is 2.50 bits per heavy atom. The first-order chi connectivity index (χ1) is 12.4. The number of carbonyl (C=O) groups excluding carboxylic acids is 1. The van der Waals surface area contributed by atoms with Gasteiger partial charge in [0.15, 0.2) is 11.5 Å². The van der Waals surface area contributed by atoms with E-state index in [1.807, 2.05) is 30.3 Å². The Kier molecular flexibility index (Phi) is 4.53. The maximum absolute atomic E-state index is 12.5. The molecule has 0 spiro atoms. The molecule has 2 N–H and O–H groups in total. The smallest absolute Gasteiger partial charge is 0.341 e. The molecule has 0 aliphatic heterocycles. The summed E-state index contributed by atoms with van der Waals surface area (Å²) in [5.41, 5.74) is 1.52. The molecule has 9 nitrogen and oxygen atoms in total. The van der Waals surface area contributed by atoms with Gasteiger partial charge in [0.1, 0.15) is 5.56 Å². The quantitative estimate of drug-likeness (QED) is 0.718. The van der Waals surface area contributed by atoms with Crippen LogP contribution in [0.15, 0.2) is 34.9 Å². The molecule has 0 aliphatic carbocycles. The molecule has 0 fully saturated rings. The van der Waals surface area contributed by atoms with Crippen LogP contribution in [0.25, 0.3) is 5.69 Å². The van der Waals surface area contributed by atoms with E-state index in [1.54, 1.807) is 13.8 Å². The van der Waals surface area contributed by atoms with Gasteiger partial charge in [0.05, 0.1) is 23.1 Å². The highest BCUT2D eigenvalue weighted by atomic mass is 16.5. The molecule has 2 heterocycles. The van der Waals surface area contributed by atoms with Gasteiger partial charge in [-0.2, -0.15) is 9.90 Å². The molecule has 26 heavy (non-hydrogen) atoms. The summed E-state index contributed by atoms with van der Waals surface area (Å²) < 4.78 is 5.07. The van der Waals surface area contributed by atoms with Crippen LogP contribution in [0.4, 0.5) is 0 Å². The van der Waals surface area contributed by atoms with Crippen molar-refractivity contribution in [3.8, 4) is 5.69 Å². The Morgan fingerprint density at radius 2 is 1.85 bits per heavy atom. The fourth-order valence-electron chi connectivity index (χ4n) is 2.54. The van der Waals surface area contributed by atoms with Gasteiger partial charge in [0.25, 0.3) is 5.91 Å². The second-order valence-electron chi connectivity index (χ2n) is 5.77. The first-order valence-corrected chi connectivity index (χ1v) is 7.88. The monoisotopic (exact) mass is 355 g/mol. The molecule has 3 aromatic rings. The fraction of sp³-hybridized carbons (Fsp3) is 0.235. The van der Waals surface area contributed by atoms with Crippen LogP contribution in [-0.4, -0.2) is 37.1 Å². The minimum Gasteiger partial charge on any atom is -0.477 e. The highest BCUT2D eigenvalue weighted by Gasteiger charge is 2.27. The van der Waals surface area contributed by atoms with Crippen molar-refractivity contribution in [2.45, 2.75) is 26.8 Å². The molecule has 0 radical (unpaired) electrons. The lowest BCUT2D eigenvalue weighted by Crippen LogP contribution is -2.28. The third kappa shape index (κ3) is 3.18. The summed E-state index contributed by atoms with van der Waals surface area (Å²) >= 11 is 0. The molecule has 0 saturated heterocycles. The molecule has 134 valence electrons. The highest BCUT2D eigenvalue weighted by Crippen LogP contribution is 2.21. The van der Waals surface area contributed by atoms with Crippen molar-refractivity contribution in [1.82, 2.24) is 25.5 Å². The number of para-hydroxylation sites is 1. The average Bonchev–Trinajstić information content (AvgIpc) is 3.18. The van der Waals surface area contributed by atoms with E-state index in [0.717, 1.165) is 5.69 Å². The minimum atomic E-state index is -1.16. The lowest BCUT2D eigenvalue weighted by molar-refractivity contribution is 0.0690. The van der Waals surface area contributed by atoms with Crippen molar-refractivity contribution in [1.29, 1.82) is 0 Å². The maximum Gasteiger partial charge on any atom is 0.341 e. The summed E-state index contributed by atoms with van der Waals surface area (Å²) in [7, 11) is 0. The van der Waals surface area contributed by atoms with E-state index < -0.39 is 17.9 Å². The topological polar surface area (TPSA) is 123 Å². The number of carboxylic acid groups (broad SMARTS) is 1. The van der Waals surface area contributed by atoms with Gasteiger partial charge in [-0.15, -0.1) is 5.10 Å². The fourth-order valence-corrected chi connectivity index (χ4v) is 2.54. The minimum absolute atomic E-state index is 0.0533. The highest BCUT2D eigenvalue weighted by molar-refractivity contribution is 5.94. The summed E-state index contributed by atoms with van der Waals surface area (Å²) in [6, 6.07) is 8.50. The van der Waals surface area contributed by atoms with Gasteiger partial charge >= 0.3 is 5.97 Å². The Bertz CT molecular complexity index is 961. The van der Waals surface area contributed by atoms with Crippen LogP contribution in [0.1, 0.15) is 51.0 Å². The third-order valence-electron chi connectivity index (χ3n) is 3.83. The maximum atomic E-state index is 12.5. The predicted octanol–water partition coefficient (Wildman–Crippen LogP) is 2.06. The van der Waals surface area contributed by atoms with E-state index in [9.17, 15) is 14.7 Å². The van der Waals surface area contributed by atoms with Crippen molar-refractivity contribution < 1.29 is 19.2 Å². The SMILES string of the molecule is Cc1nn(-c2ccccc2)nc1C(=O)NC(C)c1onc(C)c1C(=O)O. The van der Waals surface area contributed by atoms with E-state index in [2.05, 4.69) is 20.7 Å². The zero-order chi connectivity index (χ0) is 18.8. The van der Waals surface area contributed by atoms with E-state index in [0.29, 0.717) is 5.69 Å². The van der Waals surface area contributed by atoms with E-state index in [1.165, 1.54) is 11.7 Å². The summed E-state index contributed by atoms with van der Waals surface area (Å²) in [5, 5.41) is 24.1. The second-order valence-corrected chi connectivity index (χ2v) is 5.77. The number of carboxylic acids is 1. The third-order valence-corrected chi connectivity index (χ3v) is 3.83. The number of aromatic carboxylic acids is 1. The molecule has 3 rings (SSSR count). The van der Waals surface area contributed by atoms with Crippen molar-refractivity contribution in [2.75, 3.05) is 0 Å². The molecule has 1 atom stereocenters. The van der Waals surface area contributed by atoms with Gasteiger partial charge in [0.2, 0.25) is 0 Å². The lowest BCUT2D eigenvalue weighted by Gasteiger charge is -2.10. The lowest BCUT2D eigenvalue weighted by atomic mass is 10.1. The second kappa shape index (κ2) is 6.79. The molecular weight excluding hydrogens is 338 g/mol. The number of aromatic nitrogens is 4. The van der Waals surface area contributed by atoms with Crippen LogP contribution in [0.3, 0.4) is 0 Å². The first-order valence-electron chi connectivity index (χ1n) is 7.88. The molecule has 1 amide bonds. The largest absolute Gasteiger partial charge is 0.477 e. The predicted molar refractivity (Wildman–Crippen MR) is 90.2 cm³/mol. The van der Waals surface area contributed by atoms with Crippen molar-refractivity contribution in [3.63, 3.8) is 0 Å². The number of benzene rings is 1. The molecular formula is C17H17N5O4. The molecule has 0 bridgehead atoms. The molecule has 0 aliphatic rings. The number of carbonyl (C=O) groups is 2. The molecule has 0 saturated carbocycles. The molecule has 9 heteroatoms. The van der Waals surface area contributed by atoms with Crippen LogP contribution in [0.5, 0.6) is 0 Å². The van der Waals surface area contributed by atoms with Crippen LogP contribution < -0.4 is 5.32 Å². The van der Waals surface area contributed by atoms with Crippen molar-refractivity contribution >= 4 is 11.9 Å². The van der Waals surface area contributed by atoms with E-state index in [4.69, 9.17) is 4.52 Å². The number of nitrogens with one attached hydrogen (secondary N) is 1. The number of rotatable bonds is 5. The van der Waals surface area contributed by atoms with Gasteiger partial charge < -0.3 is 14.9 Å². The Balaban J connectivity index is 1.83. The number of amides is 1. The zero-order valence-corrected chi connectivity index (χ0v) is 14.4. The zero-order valence-electron chi connectivity index (χ0n) is 14.4. The molecule has 1 unspecified atom stereocenters. The van der Waals surface area contributed by atoms with Gasteiger partial charge in [-0.3, -0.25) is 4.79 Å². The summed E-state index contributed by atoms with van der Waals surface area (Å²) in [6.07, 6.45) is 0. The van der Waals surface area contributed by atoms with Crippen LogP contribution >= 0.6 is 0 Å².